The zero-order valence-electron chi connectivity index (χ0n) is 14.7. The SMILES string of the molecule is Cn1nccc1[C@H]1OCC[C@@H]1NC(=O)c1cn(C)c(=O)c2ccccc12. The summed E-state index contributed by atoms with van der Waals surface area (Å²) in [6, 6.07) is 8.93. The molecule has 0 spiro atoms. The molecular formula is C19H20N4O3. The van der Waals surface area contributed by atoms with E-state index in [1.54, 1.807) is 42.3 Å². The van der Waals surface area contributed by atoms with Crippen molar-refractivity contribution >= 4 is 16.7 Å². The molecule has 134 valence electrons. The number of carbonyl (C=O) groups excluding carboxylic acids is 1. The van der Waals surface area contributed by atoms with Crippen LogP contribution in [0.15, 0.2) is 47.5 Å². The van der Waals surface area contributed by atoms with Gasteiger partial charge in [-0.2, -0.15) is 5.10 Å². The summed E-state index contributed by atoms with van der Waals surface area (Å²) in [5.41, 5.74) is 1.30. The number of pyridine rings is 1. The van der Waals surface area contributed by atoms with Crippen LogP contribution in [-0.2, 0) is 18.8 Å². The molecule has 3 heterocycles. The molecule has 26 heavy (non-hydrogen) atoms. The topological polar surface area (TPSA) is 78.2 Å². The van der Waals surface area contributed by atoms with Gasteiger partial charge in [0.15, 0.2) is 0 Å². The summed E-state index contributed by atoms with van der Waals surface area (Å²) in [5, 5.41) is 8.45. The lowest BCUT2D eigenvalue weighted by Gasteiger charge is -2.20. The number of aryl methyl sites for hydroxylation is 2. The second-order valence-electron chi connectivity index (χ2n) is 6.54. The van der Waals surface area contributed by atoms with E-state index in [1.807, 2.05) is 19.2 Å². The van der Waals surface area contributed by atoms with Gasteiger partial charge in [0.05, 0.1) is 17.3 Å². The van der Waals surface area contributed by atoms with E-state index in [0.717, 1.165) is 12.1 Å². The van der Waals surface area contributed by atoms with Gasteiger partial charge in [-0.15, -0.1) is 0 Å². The summed E-state index contributed by atoms with van der Waals surface area (Å²) in [5.74, 6) is -0.209. The summed E-state index contributed by atoms with van der Waals surface area (Å²) >= 11 is 0. The van der Waals surface area contributed by atoms with Gasteiger partial charge < -0.3 is 14.6 Å². The second-order valence-corrected chi connectivity index (χ2v) is 6.54. The molecule has 0 saturated carbocycles. The molecule has 1 fully saturated rings. The molecule has 1 saturated heterocycles. The molecular weight excluding hydrogens is 332 g/mol. The minimum absolute atomic E-state index is 0.117. The first-order valence-corrected chi connectivity index (χ1v) is 8.55. The Hall–Kier alpha value is -2.93. The summed E-state index contributed by atoms with van der Waals surface area (Å²) in [7, 11) is 3.51. The Morgan fingerprint density at radius 1 is 1.23 bits per heavy atom. The number of ether oxygens (including phenoxy) is 1. The van der Waals surface area contributed by atoms with Gasteiger partial charge in [-0.25, -0.2) is 0 Å². The fourth-order valence-corrected chi connectivity index (χ4v) is 3.54. The number of nitrogens with zero attached hydrogens (tertiary/aromatic N) is 3. The molecule has 7 nitrogen and oxygen atoms in total. The monoisotopic (exact) mass is 352 g/mol. The van der Waals surface area contributed by atoms with Gasteiger partial charge in [-0.3, -0.25) is 14.3 Å². The molecule has 7 heteroatoms. The Morgan fingerprint density at radius 3 is 2.73 bits per heavy atom. The lowest BCUT2D eigenvalue weighted by molar-refractivity contribution is 0.0793. The Kier molecular flexibility index (Phi) is 4.08. The molecule has 4 rings (SSSR count). The maximum absolute atomic E-state index is 13.0. The van der Waals surface area contributed by atoms with E-state index in [2.05, 4.69) is 10.4 Å². The van der Waals surface area contributed by atoms with Crippen LogP contribution in [0.4, 0.5) is 0 Å². The van der Waals surface area contributed by atoms with Gasteiger partial charge in [0.25, 0.3) is 11.5 Å². The number of nitrogens with one attached hydrogen (secondary N) is 1. The van der Waals surface area contributed by atoms with Crippen LogP contribution in [0.1, 0.15) is 28.6 Å². The molecule has 2 aromatic heterocycles. The van der Waals surface area contributed by atoms with Gasteiger partial charge in [-0.05, 0) is 18.6 Å². The molecule has 1 aliphatic heterocycles. The van der Waals surface area contributed by atoms with Crippen molar-refractivity contribution < 1.29 is 9.53 Å². The Balaban J connectivity index is 1.67. The number of rotatable bonds is 3. The quantitative estimate of drug-likeness (QED) is 0.775. The third-order valence-corrected chi connectivity index (χ3v) is 4.89. The Labute approximate surface area is 150 Å². The molecule has 1 amide bonds. The molecule has 1 aromatic carbocycles. The smallest absolute Gasteiger partial charge is 0.258 e. The fourth-order valence-electron chi connectivity index (χ4n) is 3.54. The van der Waals surface area contributed by atoms with E-state index in [-0.39, 0.29) is 23.6 Å². The minimum Gasteiger partial charge on any atom is -0.370 e. The van der Waals surface area contributed by atoms with E-state index in [4.69, 9.17) is 4.74 Å². The summed E-state index contributed by atoms with van der Waals surface area (Å²) in [4.78, 5) is 25.3. The number of hydrogen-bond acceptors (Lipinski definition) is 4. The zero-order chi connectivity index (χ0) is 18.3. The number of benzene rings is 1. The molecule has 3 aromatic rings. The Morgan fingerprint density at radius 2 is 2.00 bits per heavy atom. The van der Waals surface area contributed by atoms with Crippen molar-refractivity contribution in [2.24, 2.45) is 14.1 Å². The van der Waals surface area contributed by atoms with Crippen molar-refractivity contribution in [1.29, 1.82) is 0 Å². The number of hydrogen-bond donors (Lipinski definition) is 1. The maximum Gasteiger partial charge on any atom is 0.258 e. The van der Waals surface area contributed by atoms with Crippen LogP contribution in [0.5, 0.6) is 0 Å². The third-order valence-electron chi connectivity index (χ3n) is 4.89. The lowest BCUT2D eigenvalue weighted by Crippen LogP contribution is -2.38. The molecule has 0 unspecified atom stereocenters. The van der Waals surface area contributed by atoms with Gasteiger partial charge in [0, 0.05) is 43.9 Å². The average Bonchev–Trinajstić information content (AvgIpc) is 3.26. The van der Waals surface area contributed by atoms with Gasteiger partial charge in [0.1, 0.15) is 6.10 Å². The van der Waals surface area contributed by atoms with Gasteiger partial charge in [-0.1, -0.05) is 18.2 Å². The van der Waals surface area contributed by atoms with Crippen molar-refractivity contribution in [3.63, 3.8) is 0 Å². The number of carbonyl (C=O) groups is 1. The molecule has 1 N–H and O–H groups in total. The van der Waals surface area contributed by atoms with Gasteiger partial charge in [0.2, 0.25) is 0 Å². The van der Waals surface area contributed by atoms with Crippen LogP contribution in [0.2, 0.25) is 0 Å². The van der Waals surface area contributed by atoms with E-state index in [1.165, 1.54) is 4.57 Å². The van der Waals surface area contributed by atoms with E-state index >= 15 is 0 Å². The summed E-state index contributed by atoms with van der Waals surface area (Å²) in [6.07, 6.45) is 3.81. The highest BCUT2D eigenvalue weighted by molar-refractivity contribution is 6.06. The number of fused-ring (bicyclic) bond motifs is 1. The molecule has 1 aliphatic rings. The van der Waals surface area contributed by atoms with Gasteiger partial charge >= 0.3 is 0 Å². The van der Waals surface area contributed by atoms with Crippen molar-refractivity contribution in [3.8, 4) is 0 Å². The average molecular weight is 352 g/mol. The van der Waals surface area contributed by atoms with Crippen molar-refractivity contribution in [3.05, 3.63) is 64.3 Å². The van der Waals surface area contributed by atoms with E-state index in [0.29, 0.717) is 22.9 Å². The summed E-state index contributed by atoms with van der Waals surface area (Å²) in [6.45, 7) is 0.578. The Bertz CT molecular complexity index is 1040. The first kappa shape index (κ1) is 16.5. The standard InChI is InChI=1S/C19H20N4O3/c1-22-11-14(12-5-3-4-6-13(12)19(22)25)18(24)21-15-8-10-26-17(15)16-7-9-20-23(16)2/h3-7,9,11,15,17H,8,10H2,1-2H3,(H,21,24)/t15-,17-/m0/s1. The highest BCUT2D eigenvalue weighted by Gasteiger charge is 2.33. The highest BCUT2D eigenvalue weighted by Crippen LogP contribution is 2.29. The van der Waals surface area contributed by atoms with Crippen LogP contribution in [0.25, 0.3) is 10.8 Å². The first-order valence-electron chi connectivity index (χ1n) is 8.55. The van der Waals surface area contributed by atoms with E-state index in [9.17, 15) is 9.59 Å². The fraction of sp³-hybridized carbons (Fsp3) is 0.316. The molecule has 0 bridgehead atoms. The number of aromatic nitrogens is 3. The first-order chi connectivity index (χ1) is 12.6. The van der Waals surface area contributed by atoms with Crippen LogP contribution in [-0.4, -0.2) is 32.9 Å². The minimum atomic E-state index is -0.231. The van der Waals surface area contributed by atoms with E-state index < -0.39 is 0 Å². The largest absolute Gasteiger partial charge is 0.370 e. The highest BCUT2D eigenvalue weighted by atomic mass is 16.5. The van der Waals surface area contributed by atoms with Crippen molar-refractivity contribution in [2.45, 2.75) is 18.6 Å². The predicted molar refractivity (Wildman–Crippen MR) is 97.0 cm³/mol. The zero-order valence-corrected chi connectivity index (χ0v) is 14.7. The second kappa shape index (κ2) is 6.42. The predicted octanol–water partition coefficient (Wildman–Crippen LogP) is 1.53. The lowest BCUT2D eigenvalue weighted by atomic mass is 10.0. The van der Waals surface area contributed by atoms with Crippen LogP contribution in [0, 0.1) is 0 Å². The van der Waals surface area contributed by atoms with Crippen LogP contribution in [0.3, 0.4) is 0 Å². The molecule has 2 atom stereocenters. The molecule has 0 aliphatic carbocycles. The van der Waals surface area contributed by atoms with Crippen molar-refractivity contribution in [1.82, 2.24) is 19.7 Å². The third kappa shape index (κ3) is 2.70. The summed E-state index contributed by atoms with van der Waals surface area (Å²) < 4.78 is 9.03. The molecule has 0 radical (unpaired) electrons. The van der Waals surface area contributed by atoms with Crippen LogP contribution >= 0.6 is 0 Å². The maximum atomic E-state index is 13.0. The normalized spacial score (nSPS) is 19.8. The van der Waals surface area contributed by atoms with Crippen LogP contribution < -0.4 is 10.9 Å². The van der Waals surface area contributed by atoms with Crippen molar-refractivity contribution in [2.75, 3.05) is 6.61 Å². The number of amides is 1.